The van der Waals surface area contributed by atoms with Crippen LogP contribution in [-0.2, 0) is 19.6 Å². The first-order valence-corrected chi connectivity index (χ1v) is 11.2. The normalized spacial score (nSPS) is 11.2. The van der Waals surface area contributed by atoms with E-state index in [2.05, 4.69) is 69.9 Å². The van der Waals surface area contributed by atoms with Crippen molar-refractivity contribution in [3.05, 3.63) is 108 Å². The summed E-state index contributed by atoms with van der Waals surface area (Å²) in [5, 5.41) is 6.09. The van der Waals surface area contributed by atoms with Gasteiger partial charge in [0.25, 0.3) is 0 Å². The Labute approximate surface area is 188 Å². The van der Waals surface area contributed by atoms with Gasteiger partial charge in [-0.25, -0.2) is 4.98 Å². The Morgan fingerprint density at radius 2 is 1.62 bits per heavy atom. The van der Waals surface area contributed by atoms with Crippen molar-refractivity contribution in [2.24, 2.45) is 0 Å². The van der Waals surface area contributed by atoms with Gasteiger partial charge in [-0.2, -0.15) is 0 Å². The van der Waals surface area contributed by atoms with Crippen molar-refractivity contribution in [1.82, 2.24) is 15.3 Å². The minimum atomic E-state index is 0.568. The fourth-order valence-corrected chi connectivity index (χ4v) is 4.09. The van der Waals surface area contributed by atoms with Gasteiger partial charge in [0.1, 0.15) is 18.2 Å². The fraction of sp³-hybridized carbons (Fsp3) is 0.179. The largest absolute Gasteiger partial charge is 0.489 e. The number of imidazole rings is 1. The Hall–Kier alpha value is -3.63. The van der Waals surface area contributed by atoms with Gasteiger partial charge in [0.05, 0.1) is 11.0 Å². The number of H-pyrrole nitrogens is 1. The van der Waals surface area contributed by atoms with Crippen molar-refractivity contribution in [1.29, 1.82) is 0 Å². The topological polar surface area (TPSA) is 49.9 Å². The molecule has 1 heterocycles. The molecular formula is C28H27N3O. The monoisotopic (exact) mass is 421 g/mol. The predicted octanol–water partition coefficient (Wildman–Crippen LogP) is 6.02. The van der Waals surface area contributed by atoms with E-state index in [-0.39, 0.29) is 0 Å². The van der Waals surface area contributed by atoms with E-state index >= 15 is 0 Å². The van der Waals surface area contributed by atoms with Crippen LogP contribution in [0.4, 0.5) is 0 Å². The van der Waals surface area contributed by atoms with Crippen LogP contribution in [0.3, 0.4) is 0 Å². The number of fused-ring (bicyclic) bond motifs is 2. The van der Waals surface area contributed by atoms with Crippen molar-refractivity contribution in [2.75, 3.05) is 6.54 Å². The van der Waals surface area contributed by atoms with Gasteiger partial charge in [-0.05, 0) is 47.5 Å². The third-order valence-electron chi connectivity index (χ3n) is 5.74. The minimum Gasteiger partial charge on any atom is -0.489 e. The van der Waals surface area contributed by atoms with Crippen LogP contribution in [0.1, 0.15) is 23.4 Å². The lowest BCUT2D eigenvalue weighted by Gasteiger charge is -2.15. The summed E-state index contributed by atoms with van der Waals surface area (Å²) in [5.74, 6) is 1.99. The molecule has 4 heteroatoms. The van der Waals surface area contributed by atoms with Crippen LogP contribution in [0.25, 0.3) is 21.8 Å². The summed E-state index contributed by atoms with van der Waals surface area (Å²) in [6.45, 7) is 2.25. The molecule has 0 saturated heterocycles. The molecule has 5 rings (SSSR count). The molecule has 4 aromatic carbocycles. The summed E-state index contributed by atoms with van der Waals surface area (Å²) in [6.07, 6.45) is 1.94. The summed E-state index contributed by atoms with van der Waals surface area (Å²) in [5.41, 5.74) is 4.52. The summed E-state index contributed by atoms with van der Waals surface area (Å²) in [7, 11) is 0. The van der Waals surface area contributed by atoms with E-state index in [0.29, 0.717) is 6.61 Å². The predicted molar refractivity (Wildman–Crippen MR) is 131 cm³/mol. The molecule has 0 atom stereocenters. The Morgan fingerprint density at radius 3 is 2.53 bits per heavy atom. The summed E-state index contributed by atoms with van der Waals surface area (Å²) >= 11 is 0. The Bertz CT molecular complexity index is 1280. The van der Waals surface area contributed by atoms with E-state index in [1.54, 1.807) is 0 Å². The van der Waals surface area contributed by atoms with Crippen LogP contribution in [-0.4, -0.2) is 16.5 Å². The maximum atomic E-state index is 6.24. The van der Waals surface area contributed by atoms with Crippen LogP contribution in [0, 0.1) is 0 Å². The van der Waals surface area contributed by atoms with E-state index in [0.717, 1.165) is 48.5 Å². The highest BCUT2D eigenvalue weighted by molar-refractivity contribution is 5.87. The van der Waals surface area contributed by atoms with Gasteiger partial charge in [-0.15, -0.1) is 0 Å². The SMILES string of the molecule is c1ccc(COc2ccc3ccccc3c2CNCCCc2nc3ccccc3[nH]2)cc1. The molecule has 0 amide bonds. The molecule has 160 valence electrons. The highest BCUT2D eigenvalue weighted by Crippen LogP contribution is 2.29. The van der Waals surface area contributed by atoms with Gasteiger partial charge < -0.3 is 15.0 Å². The number of nitrogens with zero attached hydrogens (tertiary/aromatic N) is 1. The number of hydrogen-bond acceptors (Lipinski definition) is 3. The summed E-state index contributed by atoms with van der Waals surface area (Å²) in [4.78, 5) is 8.08. The summed E-state index contributed by atoms with van der Waals surface area (Å²) in [6, 6.07) is 31.2. The lowest BCUT2D eigenvalue weighted by molar-refractivity contribution is 0.302. The van der Waals surface area contributed by atoms with E-state index in [4.69, 9.17) is 4.74 Å². The fourth-order valence-electron chi connectivity index (χ4n) is 4.09. The number of hydrogen-bond donors (Lipinski definition) is 2. The van der Waals surface area contributed by atoms with Crippen LogP contribution in [0.2, 0.25) is 0 Å². The molecule has 0 aliphatic carbocycles. The molecule has 5 aromatic rings. The molecule has 2 N–H and O–H groups in total. The molecule has 1 aromatic heterocycles. The first-order chi connectivity index (χ1) is 15.9. The van der Waals surface area contributed by atoms with E-state index in [1.807, 2.05) is 36.4 Å². The number of rotatable bonds is 9. The average Bonchev–Trinajstić information content (AvgIpc) is 3.26. The highest BCUT2D eigenvalue weighted by atomic mass is 16.5. The Balaban J connectivity index is 1.23. The molecule has 0 bridgehead atoms. The van der Waals surface area contributed by atoms with E-state index in [9.17, 15) is 0 Å². The van der Waals surface area contributed by atoms with E-state index < -0.39 is 0 Å². The minimum absolute atomic E-state index is 0.568. The molecule has 0 aliphatic heterocycles. The maximum absolute atomic E-state index is 6.24. The van der Waals surface area contributed by atoms with Crippen LogP contribution < -0.4 is 10.1 Å². The van der Waals surface area contributed by atoms with Crippen molar-refractivity contribution in [3.63, 3.8) is 0 Å². The van der Waals surface area contributed by atoms with Crippen LogP contribution in [0.5, 0.6) is 5.75 Å². The maximum Gasteiger partial charge on any atom is 0.124 e. The first kappa shape index (κ1) is 20.3. The quantitative estimate of drug-likeness (QED) is 0.286. The second-order valence-electron chi connectivity index (χ2n) is 8.02. The van der Waals surface area contributed by atoms with Gasteiger partial charge in [0, 0.05) is 18.5 Å². The number of benzene rings is 4. The second kappa shape index (κ2) is 9.67. The molecular weight excluding hydrogens is 394 g/mol. The number of aryl methyl sites for hydroxylation is 1. The van der Waals surface area contributed by atoms with Crippen molar-refractivity contribution < 1.29 is 4.74 Å². The van der Waals surface area contributed by atoms with Gasteiger partial charge in [-0.1, -0.05) is 72.8 Å². The number of nitrogens with one attached hydrogen (secondary N) is 2. The van der Waals surface area contributed by atoms with Crippen molar-refractivity contribution >= 4 is 21.8 Å². The lowest BCUT2D eigenvalue weighted by atomic mass is 10.0. The van der Waals surface area contributed by atoms with Gasteiger partial charge in [0.2, 0.25) is 0 Å². The first-order valence-electron chi connectivity index (χ1n) is 11.2. The molecule has 0 radical (unpaired) electrons. The second-order valence-corrected chi connectivity index (χ2v) is 8.02. The Morgan fingerprint density at radius 1 is 0.812 bits per heavy atom. The third kappa shape index (κ3) is 4.66. The molecule has 0 saturated carbocycles. The van der Waals surface area contributed by atoms with Gasteiger partial charge >= 0.3 is 0 Å². The zero-order chi connectivity index (χ0) is 21.6. The van der Waals surface area contributed by atoms with Crippen LogP contribution in [0.15, 0.2) is 91.0 Å². The number of para-hydroxylation sites is 2. The Kier molecular flexibility index (Phi) is 6.13. The van der Waals surface area contributed by atoms with Gasteiger partial charge in [0.15, 0.2) is 0 Å². The van der Waals surface area contributed by atoms with Crippen molar-refractivity contribution in [2.45, 2.75) is 26.0 Å². The standard InChI is InChI=1S/C28H27N3O/c1-2-9-21(10-3-1)20-32-27-17-16-22-11-4-5-12-23(22)24(27)19-29-18-8-15-28-30-25-13-6-7-14-26(25)31-28/h1-7,9-14,16-17,29H,8,15,18-20H2,(H,30,31). The molecule has 32 heavy (non-hydrogen) atoms. The zero-order valence-electron chi connectivity index (χ0n) is 18.1. The zero-order valence-corrected chi connectivity index (χ0v) is 18.1. The van der Waals surface area contributed by atoms with Crippen molar-refractivity contribution in [3.8, 4) is 5.75 Å². The number of aromatic amines is 1. The third-order valence-corrected chi connectivity index (χ3v) is 5.74. The van der Waals surface area contributed by atoms with E-state index in [1.165, 1.54) is 21.9 Å². The lowest BCUT2D eigenvalue weighted by Crippen LogP contribution is -2.16. The average molecular weight is 422 g/mol. The smallest absolute Gasteiger partial charge is 0.124 e. The summed E-state index contributed by atoms with van der Waals surface area (Å²) < 4.78 is 6.24. The van der Waals surface area contributed by atoms with Crippen LogP contribution >= 0.6 is 0 Å². The number of aromatic nitrogens is 2. The number of ether oxygens (including phenoxy) is 1. The molecule has 0 fully saturated rings. The molecule has 0 aliphatic rings. The highest BCUT2D eigenvalue weighted by Gasteiger charge is 2.09. The molecule has 0 unspecified atom stereocenters. The van der Waals surface area contributed by atoms with Gasteiger partial charge in [-0.3, -0.25) is 0 Å². The molecule has 0 spiro atoms. The molecule has 4 nitrogen and oxygen atoms in total.